The summed E-state index contributed by atoms with van der Waals surface area (Å²) in [5.41, 5.74) is 0.628. The van der Waals surface area contributed by atoms with Gasteiger partial charge in [0.05, 0.1) is 0 Å². The highest BCUT2D eigenvalue weighted by Crippen LogP contribution is 2.26. The number of alkyl halides is 1. The van der Waals surface area contributed by atoms with Crippen LogP contribution in [0.5, 0.6) is 0 Å². The van der Waals surface area contributed by atoms with Crippen LogP contribution in [-0.4, -0.2) is 0 Å². The van der Waals surface area contributed by atoms with Crippen LogP contribution in [0.1, 0.15) is 5.56 Å². The molecule has 0 amide bonds. The van der Waals surface area contributed by atoms with Crippen molar-refractivity contribution >= 4 is 42.8 Å². The van der Waals surface area contributed by atoms with Gasteiger partial charge in [-0.05, 0) is 39.7 Å². The molecule has 78 valence electrons. The predicted octanol–water partition coefficient (Wildman–Crippen LogP) is 3.59. The highest BCUT2D eigenvalue weighted by atomic mass is 79.9. The predicted molar refractivity (Wildman–Crippen MR) is 62.8 cm³/mol. The summed E-state index contributed by atoms with van der Waals surface area (Å²) in [6, 6.07) is 4.06. The lowest BCUT2D eigenvalue weighted by molar-refractivity contribution is 0.552. The molecule has 5 heteroatoms. The Labute approximate surface area is 101 Å². The largest absolute Gasteiger partial charge is 0.422 e. The number of hydrogen-bond acceptors (Lipinski definition) is 2. The fraction of sp³-hybridized carbons (Fsp3) is 0.100. The second kappa shape index (κ2) is 4.06. The third-order valence-corrected chi connectivity index (χ3v) is 3.41. The van der Waals surface area contributed by atoms with Gasteiger partial charge in [0.1, 0.15) is 15.9 Å². The van der Waals surface area contributed by atoms with Gasteiger partial charge in [0.25, 0.3) is 0 Å². The van der Waals surface area contributed by atoms with Gasteiger partial charge in [-0.1, -0.05) is 15.9 Å². The first kappa shape index (κ1) is 10.8. The van der Waals surface area contributed by atoms with Crippen LogP contribution in [0.25, 0.3) is 11.0 Å². The van der Waals surface area contributed by atoms with E-state index in [1.165, 1.54) is 18.2 Å². The fourth-order valence-corrected chi connectivity index (χ4v) is 2.74. The summed E-state index contributed by atoms with van der Waals surface area (Å²) in [5.74, 6) is -0.356. The van der Waals surface area contributed by atoms with Crippen molar-refractivity contribution in [1.82, 2.24) is 0 Å². The highest BCUT2D eigenvalue weighted by molar-refractivity contribution is 9.10. The van der Waals surface area contributed by atoms with Gasteiger partial charge in [-0.25, -0.2) is 9.18 Å². The lowest BCUT2D eigenvalue weighted by Crippen LogP contribution is -2.03. The van der Waals surface area contributed by atoms with Crippen LogP contribution in [0.15, 0.2) is 31.9 Å². The van der Waals surface area contributed by atoms with E-state index in [0.29, 0.717) is 26.3 Å². The molecule has 0 saturated carbocycles. The molecule has 0 fully saturated rings. The Bertz CT molecular complexity index is 577. The molecule has 0 radical (unpaired) electrons. The molecular formula is C10H5Br2FO2. The van der Waals surface area contributed by atoms with Crippen molar-refractivity contribution in [1.29, 1.82) is 0 Å². The molecule has 0 unspecified atom stereocenters. The number of halogens is 3. The van der Waals surface area contributed by atoms with Crippen LogP contribution in [0.2, 0.25) is 0 Å². The van der Waals surface area contributed by atoms with Gasteiger partial charge < -0.3 is 4.42 Å². The lowest BCUT2D eigenvalue weighted by atomic mass is 10.1. The summed E-state index contributed by atoms with van der Waals surface area (Å²) in [6.45, 7) is 0. The third-order valence-electron chi connectivity index (χ3n) is 2.05. The van der Waals surface area contributed by atoms with Gasteiger partial charge in [0, 0.05) is 10.7 Å². The molecule has 0 N–H and O–H groups in total. The Hall–Kier alpha value is -0.680. The summed E-state index contributed by atoms with van der Waals surface area (Å²) < 4.78 is 18.4. The van der Waals surface area contributed by atoms with Crippen molar-refractivity contribution in [3.63, 3.8) is 0 Å². The van der Waals surface area contributed by atoms with Gasteiger partial charge in [0.2, 0.25) is 0 Å². The van der Waals surface area contributed by atoms with Crippen molar-refractivity contribution in [3.05, 3.63) is 44.5 Å². The minimum Gasteiger partial charge on any atom is -0.422 e. The number of fused-ring (bicyclic) bond motifs is 1. The Balaban J connectivity index is 2.95. The summed E-state index contributed by atoms with van der Waals surface area (Å²) >= 11 is 6.38. The monoisotopic (exact) mass is 334 g/mol. The third kappa shape index (κ3) is 1.86. The maximum absolute atomic E-state index is 13.0. The first-order valence-corrected chi connectivity index (χ1v) is 6.01. The normalized spacial score (nSPS) is 10.9. The lowest BCUT2D eigenvalue weighted by Gasteiger charge is -2.04. The van der Waals surface area contributed by atoms with E-state index in [4.69, 9.17) is 4.42 Å². The molecule has 1 aromatic carbocycles. The van der Waals surface area contributed by atoms with E-state index in [2.05, 4.69) is 31.9 Å². The number of hydrogen-bond donors (Lipinski definition) is 0. The molecular weight excluding hydrogens is 331 g/mol. The second-order valence-corrected chi connectivity index (χ2v) is 4.31. The molecule has 0 saturated heterocycles. The van der Waals surface area contributed by atoms with Crippen LogP contribution in [0.4, 0.5) is 4.39 Å². The van der Waals surface area contributed by atoms with E-state index in [1.807, 2.05) is 0 Å². The molecule has 15 heavy (non-hydrogen) atoms. The van der Waals surface area contributed by atoms with E-state index in [-0.39, 0.29) is 5.82 Å². The molecule has 0 atom stereocenters. The van der Waals surface area contributed by atoms with E-state index >= 15 is 0 Å². The van der Waals surface area contributed by atoms with E-state index in [1.54, 1.807) is 0 Å². The van der Waals surface area contributed by atoms with Gasteiger partial charge >= 0.3 is 5.63 Å². The van der Waals surface area contributed by atoms with Crippen LogP contribution in [-0.2, 0) is 5.33 Å². The molecule has 1 aromatic heterocycles. The Morgan fingerprint density at radius 1 is 1.40 bits per heavy atom. The zero-order valence-electron chi connectivity index (χ0n) is 7.39. The number of benzene rings is 1. The Morgan fingerprint density at radius 3 is 2.80 bits per heavy atom. The molecule has 0 aliphatic heterocycles. The van der Waals surface area contributed by atoms with Crippen LogP contribution in [0, 0.1) is 5.82 Å². The first-order chi connectivity index (χ1) is 7.13. The topological polar surface area (TPSA) is 30.2 Å². The Kier molecular flexibility index (Phi) is 2.93. The van der Waals surface area contributed by atoms with Gasteiger partial charge in [-0.3, -0.25) is 0 Å². The molecule has 2 rings (SSSR count). The van der Waals surface area contributed by atoms with Crippen molar-refractivity contribution in [2.75, 3.05) is 0 Å². The molecule has 1 heterocycles. The average Bonchev–Trinajstić information content (AvgIpc) is 2.21. The molecule has 0 aliphatic rings. The number of rotatable bonds is 1. The van der Waals surface area contributed by atoms with Crippen LogP contribution in [0.3, 0.4) is 0 Å². The van der Waals surface area contributed by atoms with Crippen LogP contribution < -0.4 is 5.63 Å². The average molecular weight is 336 g/mol. The second-order valence-electron chi connectivity index (χ2n) is 2.96. The highest BCUT2D eigenvalue weighted by Gasteiger charge is 2.11. The molecule has 0 spiro atoms. The van der Waals surface area contributed by atoms with Crippen molar-refractivity contribution in [2.24, 2.45) is 0 Å². The maximum atomic E-state index is 13.0. The van der Waals surface area contributed by atoms with Crippen molar-refractivity contribution in [3.8, 4) is 0 Å². The summed E-state index contributed by atoms with van der Waals surface area (Å²) in [6.07, 6.45) is 0. The maximum Gasteiger partial charge on any atom is 0.350 e. The first-order valence-electron chi connectivity index (χ1n) is 4.10. The van der Waals surface area contributed by atoms with Gasteiger partial charge in [0.15, 0.2) is 0 Å². The van der Waals surface area contributed by atoms with E-state index in [9.17, 15) is 9.18 Å². The van der Waals surface area contributed by atoms with Gasteiger partial charge in [-0.15, -0.1) is 0 Å². The standard InChI is InChI=1S/C10H5Br2FO2/c11-4-7-6-3-5(13)1-2-8(6)15-10(14)9(7)12/h1-3H,4H2. The smallest absolute Gasteiger partial charge is 0.350 e. The minimum atomic E-state index is -0.455. The molecule has 0 aliphatic carbocycles. The zero-order chi connectivity index (χ0) is 11.0. The van der Waals surface area contributed by atoms with Gasteiger partial charge in [-0.2, -0.15) is 0 Å². The molecule has 2 aromatic rings. The van der Waals surface area contributed by atoms with Crippen LogP contribution >= 0.6 is 31.9 Å². The molecule has 2 nitrogen and oxygen atoms in total. The Morgan fingerprint density at radius 2 is 2.13 bits per heavy atom. The summed E-state index contributed by atoms with van der Waals surface area (Å²) in [4.78, 5) is 11.4. The van der Waals surface area contributed by atoms with Crippen molar-refractivity contribution < 1.29 is 8.81 Å². The zero-order valence-corrected chi connectivity index (χ0v) is 10.6. The minimum absolute atomic E-state index is 0.331. The quantitative estimate of drug-likeness (QED) is 0.589. The van der Waals surface area contributed by atoms with E-state index < -0.39 is 5.63 Å². The SMILES string of the molecule is O=c1oc2ccc(F)cc2c(CBr)c1Br. The van der Waals surface area contributed by atoms with Crippen molar-refractivity contribution in [2.45, 2.75) is 5.33 Å². The van der Waals surface area contributed by atoms with E-state index in [0.717, 1.165) is 0 Å². The molecule has 0 bridgehead atoms. The summed E-state index contributed by atoms with van der Waals surface area (Å²) in [7, 11) is 0. The summed E-state index contributed by atoms with van der Waals surface area (Å²) in [5, 5.41) is 1.05. The fourth-order valence-electron chi connectivity index (χ4n) is 1.34.